The van der Waals surface area contributed by atoms with Crippen LogP contribution in [-0.4, -0.2) is 44.4 Å². The maximum atomic E-state index is 14.5. The summed E-state index contributed by atoms with van der Waals surface area (Å²) in [7, 11) is 1.23. The molecule has 0 saturated carbocycles. The van der Waals surface area contributed by atoms with Crippen molar-refractivity contribution < 1.29 is 36.9 Å². The Morgan fingerprint density at radius 2 is 1.21 bits per heavy atom. The van der Waals surface area contributed by atoms with Crippen molar-refractivity contribution in [1.82, 2.24) is 0 Å². The summed E-state index contributed by atoms with van der Waals surface area (Å²) in [4.78, 5) is 12.7. The van der Waals surface area contributed by atoms with E-state index < -0.39 is 48.6 Å². The number of esters is 1. The van der Waals surface area contributed by atoms with E-state index in [0.717, 1.165) is 16.7 Å². The van der Waals surface area contributed by atoms with Gasteiger partial charge in [0.2, 0.25) is 0 Å². The third-order valence-corrected chi connectivity index (χ3v) is 7.44. The average molecular weight is 577 g/mol. The number of carbonyl (C=O) groups excluding carboxylic acids is 1. The normalized spacial score (nSPS) is 21.0. The van der Waals surface area contributed by atoms with Crippen LogP contribution in [0.15, 0.2) is 121 Å². The Morgan fingerprint density at radius 3 is 1.64 bits per heavy atom. The minimum absolute atomic E-state index is 0.136. The first kappa shape index (κ1) is 29.5. The number of ether oxygens (including phenoxy) is 4. The van der Waals surface area contributed by atoms with Gasteiger partial charge >= 0.3 is 12.1 Å². The first-order valence-corrected chi connectivity index (χ1v) is 13.6. The molecule has 1 aliphatic rings. The number of hydrogen-bond acceptors (Lipinski definition) is 5. The Hall–Kier alpha value is -3.98. The average Bonchev–Trinajstić information content (AvgIpc) is 3.03. The highest BCUT2D eigenvalue weighted by atomic mass is 19.4. The zero-order valence-corrected chi connectivity index (χ0v) is 22.9. The van der Waals surface area contributed by atoms with Crippen molar-refractivity contribution in [3.63, 3.8) is 0 Å². The second kappa shape index (κ2) is 12.9. The van der Waals surface area contributed by atoms with Crippen molar-refractivity contribution in [2.24, 2.45) is 5.92 Å². The topological polar surface area (TPSA) is 54.0 Å². The van der Waals surface area contributed by atoms with Crippen LogP contribution < -0.4 is 0 Å². The lowest BCUT2D eigenvalue weighted by Gasteiger charge is -2.42. The molecule has 0 aliphatic carbocycles. The highest BCUT2D eigenvalue weighted by Gasteiger charge is 2.55. The molecule has 0 amide bonds. The monoisotopic (exact) mass is 576 g/mol. The van der Waals surface area contributed by atoms with Gasteiger partial charge in [-0.1, -0.05) is 109 Å². The van der Waals surface area contributed by atoms with Crippen molar-refractivity contribution in [3.05, 3.63) is 144 Å². The van der Waals surface area contributed by atoms with Crippen molar-refractivity contribution in [2.45, 2.75) is 36.7 Å². The van der Waals surface area contributed by atoms with E-state index in [4.69, 9.17) is 18.9 Å². The van der Waals surface area contributed by atoms with E-state index in [1.54, 1.807) is 18.2 Å². The van der Waals surface area contributed by atoms with Crippen LogP contribution in [0, 0.1) is 5.92 Å². The molecule has 0 N–H and O–H groups in total. The summed E-state index contributed by atoms with van der Waals surface area (Å²) in [5.74, 6) is -2.91. The number of halogens is 3. The predicted octanol–water partition coefficient (Wildman–Crippen LogP) is 7.16. The largest absolute Gasteiger partial charge is 0.453 e. The Bertz CT molecular complexity index is 1320. The molecule has 4 aromatic carbocycles. The summed E-state index contributed by atoms with van der Waals surface area (Å²) >= 11 is 0. The molecule has 5 rings (SSSR count). The highest BCUT2D eigenvalue weighted by Crippen LogP contribution is 2.43. The molecule has 0 bridgehead atoms. The summed E-state index contributed by atoms with van der Waals surface area (Å²) in [6, 6.07) is 36.5. The van der Waals surface area contributed by atoms with Crippen LogP contribution in [-0.2, 0) is 24.5 Å². The standard InChI is InChI=1S/C34H31F3O5/c1-39-32-30(42-31(38)24-14-6-2-7-15-24)29(34(35,36)37)22-28(41-32)23-40-33(25-16-8-3-9-17-25,26-18-10-4-11-19-26)27-20-12-5-13-21-27/h2-21,28-30,32H,22-23H2,1H3/t28-,29-,30+,32-/m0/s1. The minimum atomic E-state index is -4.68. The first-order valence-electron chi connectivity index (χ1n) is 13.6. The van der Waals surface area contributed by atoms with Crippen LogP contribution in [0.1, 0.15) is 33.5 Å². The van der Waals surface area contributed by atoms with Crippen LogP contribution in [0.25, 0.3) is 0 Å². The molecule has 0 unspecified atom stereocenters. The highest BCUT2D eigenvalue weighted by molar-refractivity contribution is 5.89. The summed E-state index contributed by atoms with van der Waals surface area (Å²) < 4.78 is 66.8. The predicted molar refractivity (Wildman–Crippen MR) is 151 cm³/mol. The van der Waals surface area contributed by atoms with Crippen molar-refractivity contribution >= 4 is 5.97 Å². The molecule has 1 fully saturated rings. The van der Waals surface area contributed by atoms with E-state index in [1.807, 2.05) is 91.0 Å². The summed E-state index contributed by atoms with van der Waals surface area (Å²) in [5.41, 5.74) is 1.42. The van der Waals surface area contributed by atoms with Crippen LogP contribution >= 0.6 is 0 Å². The fraction of sp³-hybridized carbons (Fsp3) is 0.265. The number of carbonyl (C=O) groups is 1. The van der Waals surface area contributed by atoms with E-state index >= 15 is 0 Å². The van der Waals surface area contributed by atoms with Gasteiger partial charge in [-0.15, -0.1) is 0 Å². The third kappa shape index (κ3) is 6.26. The molecule has 1 aliphatic heterocycles. The smallest absolute Gasteiger partial charge is 0.395 e. The SMILES string of the molecule is CO[C@H]1O[C@H](COC(c2ccccc2)(c2ccccc2)c2ccccc2)C[C@H](C(F)(F)F)[C@H]1OC(=O)c1ccccc1. The minimum Gasteiger partial charge on any atom is -0.453 e. The van der Waals surface area contributed by atoms with E-state index in [0.29, 0.717) is 0 Å². The van der Waals surface area contributed by atoms with Crippen LogP contribution in [0.4, 0.5) is 13.2 Å². The number of methoxy groups -OCH3 is 1. The fourth-order valence-corrected chi connectivity index (χ4v) is 5.44. The third-order valence-electron chi connectivity index (χ3n) is 7.44. The molecule has 4 aromatic rings. The van der Waals surface area contributed by atoms with Gasteiger partial charge < -0.3 is 18.9 Å². The number of hydrogen-bond donors (Lipinski definition) is 0. The lowest BCUT2D eigenvalue weighted by Crippen LogP contribution is -2.54. The molecule has 8 heteroatoms. The maximum Gasteiger partial charge on any atom is 0.395 e. The Morgan fingerprint density at radius 1 is 0.762 bits per heavy atom. The second-order valence-electron chi connectivity index (χ2n) is 10.1. The van der Waals surface area contributed by atoms with Crippen molar-refractivity contribution in [2.75, 3.05) is 13.7 Å². The molecule has 0 aromatic heterocycles. The molecular weight excluding hydrogens is 545 g/mol. The van der Waals surface area contributed by atoms with E-state index in [9.17, 15) is 18.0 Å². The fourth-order valence-electron chi connectivity index (χ4n) is 5.44. The lowest BCUT2D eigenvalue weighted by molar-refractivity contribution is -0.304. The van der Waals surface area contributed by atoms with Crippen molar-refractivity contribution in [1.29, 1.82) is 0 Å². The molecule has 42 heavy (non-hydrogen) atoms. The molecule has 218 valence electrons. The van der Waals surface area contributed by atoms with E-state index in [2.05, 4.69) is 0 Å². The first-order chi connectivity index (χ1) is 20.3. The Kier molecular flexibility index (Phi) is 9.06. The van der Waals surface area contributed by atoms with Gasteiger partial charge in [0.1, 0.15) is 5.60 Å². The molecule has 1 saturated heterocycles. The summed E-state index contributed by atoms with van der Waals surface area (Å²) in [6.07, 6.45) is -9.32. The van der Waals surface area contributed by atoms with Crippen molar-refractivity contribution in [3.8, 4) is 0 Å². The molecule has 0 spiro atoms. The summed E-state index contributed by atoms with van der Waals surface area (Å²) in [5, 5.41) is 0. The van der Waals surface area contributed by atoms with Crippen LogP contribution in [0.2, 0.25) is 0 Å². The van der Waals surface area contributed by atoms with Crippen LogP contribution in [0.5, 0.6) is 0 Å². The summed E-state index contributed by atoms with van der Waals surface area (Å²) in [6.45, 7) is -0.190. The second-order valence-corrected chi connectivity index (χ2v) is 10.1. The molecule has 4 atom stereocenters. The molecule has 0 radical (unpaired) electrons. The van der Waals surface area contributed by atoms with Gasteiger partial charge in [0.15, 0.2) is 12.4 Å². The lowest BCUT2D eigenvalue weighted by atomic mass is 9.80. The molecular formula is C34H31F3O5. The number of benzene rings is 4. The van der Waals surface area contributed by atoms with Gasteiger partial charge in [0, 0.05) is 7.11 Å². The van der Waals surface area contributed by atoms with Gasteiger partial charge in [-0.05, 0) is 35.2 Å². The van der Waals surface area contributed by atoms with E-state index in [1.165, 1.54) is 19.2 Å². The number of rotatable bonds is 9. The van der Waals surface area contributed by atoms with Gasteiger partial charge in [-0.3, -0.25) is 0 Å². The number of alkyl halides is 3. The zero-order chi connectivity index (χ0) is 29.6. The van der Waals surface area contributed by atoms with Gasteiger partial charge in [-0.25, -0.2) is 4.79 Å². The molecule has 1 heterocycles. The zero-order valence-electron chi connectivity index (χ0n) is 22.9. The van der Waals surface area contributed by atoms with Gasteiger partial charge in [0.25, 0.3) is 0 Å². The maximum absolute atomic E-state index is 14.5. The quantitative estimate of drug-likeness (QED) is 0.156. The van der Waals surface area contributed by atoms with Crippen LogP contribution in [0.3, 0.4) is 0 Å². The Labute approximate surface area is 242 Å². The van der Waals surface area contributed by atoms with Gasteiger partial charge in [-0.2, -0.15) is 13.2 Å². The Balaban J connectivity index is 1.46. The van der Waals surface area contributed by atoms with E-state index in [-0.39, 0.29) is 12.2 Å². The van der Waals surface area contributed by atoms with Gasteiger partial charge in [0.05, 0.1) is 24.2 Å². The molecule has 5 nitrogen and oxygen atoms in total.